The molecule has 1 atom stereocenters. The van der Waals surface area contributed by atoms with Gasteiger partial charge < -0.3 is 19.9 Å². The van der Waals surface area contributed by atoms with E-state index in [0.29, 0.717) is 19.7 Å². The minimum absolute atomic E-state index is 0.0846. The quantitative estimate of drug-likeness (QED) is 0.631. The number of carbonyl (C=O) groups is 1. The van der Waals surface area contributed by atoms with Crippen LogP contribution in [-0.4, -0.2) is 74.1 Å². The van der Waals surface area contributed by atoms with E-state index in [9.17, 15) is 9.18 Å². The van der Waals surface area contributed by atoms with Crippen molar-refractivity contribution in [2.24, 2.45) is 4.99 Å². The Kier molecular flexibility index (Phi) is 5.53. The summed E-state index contributed by atoms with van der Waals surface area (Å²) in [4.78, 5) is 21.1. The van der Waals surface area contributed by atoms with Crippen LogP contribution in [-0.2, 0) is 14.9 Å². The highest BCUT2D eigenvalue weighted by atomic mass is 19.1. The molecule has 2 saturated heterocycles. The Hall–Kier alpha value is -2.15. The summed E-state index contributed by atoms with van der Waals surface area (Å²) >= 11 is 0. The van der Waals surface area contributed by atoms with Gasteiger partial charge in [-0.15, -0.1) is 0 Å². The highest BCUT2D eigenvalue weighted by Gasteiger charge is 2.44. The first-order chi connectivity index (χ1) is 13.6. The van der Waals surface area contributed by atoms with E-state index in [1.807, 2.05) is 17.0 Å². The summed E-state index contributed by atoms with van der Waals surface area (Å²) in [5.41, 5.74) is 1.27. The van der Waals surface area contributed by atoms with E-state index >= 15 is 0 Å². The first kappa shape index (κ1) is 19.2. The number of benzene rings is 1. The number of rotatable bonds is 4. The number of hydrogen-bond acceptors (Lipinski definition) is 3. The Balaban J connectivity index is 1.29. The van der Waals surface area contributed by atoms with Gasteiger partial charge in [0, 0.05) is 51.8 Å². The molecule has 7 heteroatoms. The van der Waals surface area contributed by atoms with Gasteiger partial charge in [0.15, 0.2) is 5.96 Å². The van der Waals surface area contributed by atoms with Gasteiger partial charge in [-0.05, 0) is 43.4 Å². The van der Waals surface area contributed by atoms with Gasteiger partial charge in [-0.2, -0.15) is 0 Å². The Bertz CT molecular complexity index is 718. The zero-order valence-corrected chi connectivity index (χ0v) is 16.5. The molecule has 152 valence electrons. The average molecular weight is 388 g/mol. The predicted molar refractivity (Wildman–Crippen MR) is 106 cm³/mol. The van der Waals surface area contributed by atoms with E-state index in [4.69, 9.17) is 4.74 Å². The van der Waals surface area contributed by atoms with Gasteiger partial charge in [-0.1, -0.05) is 12.1 Å². The maximum absolute atomic E-state index is 13.2. The van der Waals surface area contributed by atoms with Crippen LogP contribution >= 0.6 is 0 Å². The molecule has 3 aliphatic rings. The third kappa shape index (κ3) is 3.99. The molecular formula is C21H29FN4O2. The topological polar surface area (TPSA) is 57.2 Å². The van der Waals surface area contributed by atoms with E-state index in [2.05, 4.69) is 15.2 Å². The second-order valence-electron chi connectivity index (χ2n) is 8.00. The highest BCUT2D eigenvalue weighted by molar-refractivity contribution is 5.83. The maximum atomic E-state index is 13.2. The zero-order chi connectivity index (χ0) is 19.6. The Morgan fingerprint density at radius 1 is 1.21 bits per heavy atom. The minimum atomic E-state index is -0.241. The molecule has 1 N–H and O–H groups in total. The van der Waals surface area contributed by atoms with Gasteiger partial charge in [0.05, 0.1) is 0 Å². The number of guanidine groups is 1. The van der Waals surface area contributed by atoms with E-state index in [1.54, 1.807) is 7.05 Å². The molecular weight excluding hydrogens is 359 g/mol. The van der Waals surface area contributed by atoms with Crippen molar-refractivity contribution in [3.63, 3.8) is 0 Å². The predicted octanol–water partition coefficient (Wildman–Crippen LogP) is 1.76. The fraction of sp³-hybridized carbons (Fsp3) is 0.619. The summed E-state index contributed by atoms with van der Waals surface area (Å²) in [5, 5.41) is 3.51. The number of piperazine rings is 1. The minimum Gasteiger partial charge on any atom is -0.368 e. The number of carbonyl (C=O) groups excluding carboxylic acids is 1. The SMILES string of the molecule is CN=C(NCC1(c2ccc(F)cc2)CC1)N1CCN(C(=O)C2CCCO2)CC1. The number of halogens is 1. The number of nitrogens with one attached hydrogen (secondary N) is 1. The molecule has 0 spiro atoms. The van der Waals surface area contributed by atoms with Crippen molar-refractivity contribution in [3.8, 4) is 0 Å². The molecule has 6 nitrogen and oxygen atoms in total. The molecule has 4 rings (SSSR count). The van der Waals surface area contributed by atoms with E-state index < -0.39 is 0 Å². The molecule has 1 aliphatic carbocycles. The summed E-state index contributed by atoms with van der Waals surface area (Å²) < 4.78 is 18.7. The first-order valence-electron chi connectivity index (χ1n) is 10.2. The van der Waals surface area contributed by atoms with Crippen molar-refractivity contribution >= 4 is 11.9 Å². The molecule has 0 aromatic heterocycles. The Labute approximate surface area is 165 Å². The van der Waals surface area contributed by atoms with Crippen LogP contribution in [0, 0.1) is 5.82 Å². The van der Waals surface area contributed by atoms with Crippen LogP contribution in [0.2, 0.25) is 0 Å². The van der Waals surface area contributed by atoms with E-state index in [-0.39, 0.29) is 23.2 Å². The van der Waals surface area contributed by atoms with Crippen LogP contribution in [0.4, 0.5) is 4.39 Å². The molecule has 2 heterocycles. The summed E-state index contributed by atoms with van der Waals surface area (Å²) in [7, 11) is 1.80. The molecule has 1 aromatic carbocycles. The first-order valence-corrected chi connectivity index (χ1v) is 10.2. The number of nitrogens with zero attached hydrogens (tertiary/aromatic N) is 3. The van der Waals surface area contributed by atoms with Crippen molar-refractivity contribution in [3.05, 3.63) is 35.6 Å². The molecule has 2 aliphatic heterocycles. The summed E-state index contributed by atoms with van der Waals surface area (Å²) in [6.07, 6.45) is 3.78. The monoisotopic (exact) mass is 388 g/mol. The summed E-state index contributed by atoms with van der Waals surface area (Å²) in [5.74, 6) is 0.810. The third-order valence-electron chi connectivity index (χ3n) is 6.20. The van der Waals surface area contributed by atoms with Crippen molar-refractivity contribution in [1.82, 2.24) is 15.1 Å². The van der Waals surface area contributed by atoms with Gasteiger partial charge in [-0.25, -0.2) is 4.39 Å². The highest BCUT2D eigenvalue weighted by Crippen LogP contribution is 2.47. The van der Waals surface area contributed by atoms with E-state index in [1.165, 1.54) is 17.7 Å². The number of hydrogen-bond donors (Lipinski definition) is 1. The van der Waals surface area contributed by atoms with Gasteiger partial charge in [0.2, 0.25) is 0 Å². The van der Waals surface area contributed by atoms with Crippen LogP contribution in [0.15, 0.2) is 29.3 Å². The molecule has 28 heavy (non-hydrogen) atoms. The summed E-state index contributed by atoms with van der Waals surface area (Å²) in [6.45, 7) is 4.41. The molecule has 1 unspecified atom stereocenters. The Morgan fingerprint density at radius 2 is 1.89 bits per heavy atom. The molecule has 1 aromatic rings. The average Bonchev–Trinajstić information content (AvgIpc) is 3.31. The maximum Gasteiger partial charge on any atom is 0.251 e. The lowest BCUT2D eigenvalue weighted by Crippen LogP contribution is -2.55. The van der Waals surface area contributed by atoms with Gasteiger partial charge >= 0.3 is 0 Å². The zero-order valence-electron chi connectivity index (χ0n) is 16.5. The molecule has 0 radical (unpaired) electrons. The fourth-order valence-corrected chi connectivity index (χ4v) is 4.22. The van der Waals surface area contributed by atoms with Gasteiger partial charge in [0.1, 0.15) is 11.9 Å². The molecule has 3 fully saturated rings. The van der Waals surface area contributed by atoms with E-state index in [0.717, 1.165) is 51.3 Å². The van der Waals surface area contributed by atoms with Crippen LogP contribution in [0.5, 0.6) is 0 Å². The Morgan fingerprint density at radius 3 is 2.46 bits per heavy atom. The standard InChI is InChI=1S/C21H29FN4O2/c1-23-20(24-15-21(8-9-21)16-4-6-17(22)7-5-16)26-12-10-25(11-13-26)19(27)18-3-2-14-28-18/h4-7,18H,2-3,8-15H2,1H3,(H,23,24). The normalized spacial score (nSPS) is 24.4. The number of ether oxygens (including phenoxy) is 1. The molecule has 1 saturated carbocycles. The van der Waals surface area contributed by atoms with Crippen molar-refractivity contribution < 1.29 is 13.9 Å². The lowest BCUT2D eigenvalue weighted by Gasteiger charge is -2.37. The number of aliphatic imine (C=N–C) groups is 1. The molecule has 0 bridgehead atoms. The van der Waals surface area contributed by atoms with Crippen LogP contribution < -0.4 is 5.32 Å². The van der Waals surface area contributed by atoms with Crippen molar-refractivity contribution in [1.29, 1.82) is 0 Å². The lowest BCUT2D eigenvalue weighted by molar-refractivity contribution is -0.142. The van der Waals surface area contributed by atoms with Gasteiger partial charge in [-0.3, -0.25) is 9.79 Å². The smallest absolute Gasteiger partial charge is 0.251 e. The van der Waals surface area contributed by atoms with Crippen LogP contribution in [0.1, 0.15) is 31.2 Å². The lowest BCUT2D eigenvalue weighted by atomic mass is 9.96. The van der Waals surface area contributed by atoms with Crippen molar-refractivity contribution in [2.75, 3.05) is 46.4 Å². The second kappa shape index (κ2) is 8.07. The largest absolute Gasteiger partial charge is 0.368 e. The van der Waals surface area contributed by atoms with Crippen molar-refractivity contribution in [2.45, 2.75) is 37.2 Å². The van der Waals surface area contributed by atoms with Crippen LogP contribution in [0.3, 0.4) is 0 Å². The summed E-state index contributed by atoms with van der Waals surface area (Å²) in [6, 6.07) is 6.85. The third-order valence-corrected chi connectivity index (χ3v) is 6.20. The van der Waals surface area contributed by atoms with Gasteiger partial charge in [0.25, 0.3) is 5.91 Å². The fourth-order valence-electron chi connectivity index (χ4n) is 4.22. The number of amides is 1. The molecule has 1 amide bonds. The van der Waals surface area contributed by atoms with Crippen LogP contribution in [0.25, 0.3) is 0 Å². The second-order valence-corrected chi connectivity index (χ2v) is 8.00.